The van der Waals surface area contributed by atoms with Crippen molar-refractivity contribution in [2.24, 2.45) is 11.8 Å². The van der Waals surface area contributed by atoms with Gasteiger partial charge >= 0.3 is 0 Å². The summed E-state index contributed by atoms with van der Waals surface area (Å²) in [5, 5.41) is 3.68. The summed E-state index contributed by atoms with van der Waals surface area (Å²) in [7, 11) is 6.49. The van der Waals surface area contributed by atoms with Crippen LogP contribution in [0.25, 0.3) is 0 Å². The van der Waals surface area contributed by atoms with Gasteiger partial charge in [0.1, 0.15) is 28.8 Å². The van der Waals surface area contributed by atoms with Gasteiger partial charge in [0.15, 0.2) is 0 Å². The van der Waals surface area contributed by atoms with Crippen molar-refractivity contribution in [2.45, 2.75) is 25.9 Å². The Hall–Kier alpha value is -2.73. The molecule has 2 aromatic carbocycles. The molecule has 0 aromatic heterocycles. The summed E-state index contributed by atoms with van der Waals surface area (Å²) >= 11 is 0. The van der Waals surface area contributed by atoms with E-state index in [1.54, 1.807) is 28.4 Å². The first-order valence-electron chi connectivity index (χ1n) is 9.68. The fourth-order valence-electron chi connectivity index (χ4n) is 4.09. The lowest BCUT2D eigenvalue weighted by Crippen LogP contribution is -2.46. The van der Waals surface area contributed by atoms with Crippen molar-refractivity contribution >= 4 is 5.78 Å². The molecule has 1 aliphatic heterocycles. The molecule has 1 N–H and O–H groups in total. The quantitative estimate of drug-likeness (QED) is 0.794. The van der Waals surface area contributed by atoms with Crippen LogP contribution in [0.2, 0.25) is 0 Å². The highest BCUT2D eigenvalue weighted by Crippen LogP contribution is 2.44. The second-order valence-corrected chi connectivity index (χ2v) is 7.32. The smallest absolute Gasteiger partial charge is 0.142 e. The predicted octanol–water partition coefficient (Wildman–Crippen LogP) is 3.95. The number of Topliss-reactive ketones (excluding diaryl/α,β-unsaturated/α-hetero) is 1. The van der Waals surface area contributed by atoms with Crippen LogP contribution in [0.3, 0.4) is 0 Å². The number of carbonyl (C=O) groups excluding carboxylic acids is 1. The summed E-state index contributed by atoms with van der Waals surface area (Å²) in [6.45, 7) is 3.92. The van der Waals surface area contributed by atoms with Crippen molar-refractivity contribution in [3.8, 4) is 23.0 Å². The fourth-order valence-corrected chi connectivity index (χ4v) is 4.09. The van der Waals surface area contributed by atoms with Gasteiger partial charge < -0.3 is 24.3 Å². The lowest BCUT2D eigenvalue weighted by Gasteiger charge is -2.40. The number of hydrogen-bond acceptors (Lipinski definition) is 6. The molecule has 1 saturated heterocycles. The average molecular weight is 399 g/mol. The van der Waals surface area contributed by atoms with Crippen LogP contribution in [0.4, 0.5) is 0 Å². The predicted molar refractivity (Wildman–Crippen MR) is 111 cm³/mol. The van der Waals surface area contributed by atoms with Crippen LogP contribution in [-0.4, -0.2) is 34.2 Å². The lowest BCUT2D eigenvalue weighted by molar-refractivity contribution is -0.130. The maximum atomic E-state index is 13.2. The minimum Gasteiger partial charge on any atom is -0.497 e. The van der Waals surface area contributed by atoms with Gasteiger partial charge in [-0.3, -0.25) is 4.79 Å². The highest BCUT2D eigenvalue weighted by Gasteiger charge is 2.42. The van der Waals surface area contributed by atoms with Gasteiger partial charge in [-0.25, -0.2) is 0 Å². The Kier molecular flexibility index (Phi) is 6.33. The Bertz CT molecular complexity index is 812. The molecule has 156 valence electrons. The second kappa shape index (κ2) is 8.74. The van der Waals surface area contributed by atoms with Crippen LogP contribution in [0.1, 0.15) is 37.1 Å². The number of methoxy groups -OCH3 is 4. The van der Waals surface area contributed by atoms with E-state index in [1.165, 1.54) is 0 Å². The molecule has 1 aliphatic rings. The number of piperidine rings is 1. The van der Waals surface area contributed by atoms with Gasteiger partial charge in [0.25, 0.3) is 0 Å². The summed E-state index contributed by atoms with van der Waals surface area (Å²) in [5.41, 5.74) is 1.86. The Labute approximate surface area is 172 Å². The minimum atomic E-state index is -0.201. The summed E-state index contributed by atoms with van der Waals surface area (Å²) in [6.07, 6.45) is 0. The van der Waals surface area contributed by atoms with Crippen LogP contribution < -0.4 is 24.3 Å². The van der Waals surface area contributed by atoms with Crippen LogP contribution in [0.15, 0.2) is 36.4 Å². The molecular formula is C23H29NO5. The molecule has 0 radical (unpaired) electrons. The molecule has 0 spiro atoms. The van der Waals surface area contributed by atoms with Gasteiger partial charge in [-0.1, -0.05) is 26.0 Å². The van der Waals surface area contributed by atoms with Crippen molar-refractivity contribution < 1.29 is 23.7 Å². The molecule has 6 heteroatoms. The van der Waals surface area contributed by atoms with Gasteiger partial charge in [0.05, 0.1) is 28.4 Å². The van der Waals surface area contributed by atoms with Crippen LogP contribution in [0, 0.1) is 11.8 Å². The lowest BCUT2D eigenvalue weighted by atomic mass is 9.76. The van der Waals surface area contributed by atoms with E-state index < -0.39 is 0 Å². The Morgan fingerprint density at radius 3 is 1.45 bits per heavy atom. The molecule has 3 rings (SSSR count). The molecule has 1 heterocycles. The molecular weight excluding hydrogens is 370 g/mol. The number of rotatable bonds is 6. The third-order valence-corrected chi connectivity index (χ3v) is 5.81. The third-order valence-electron chi connectivity index (χ3n) is 5.81. The van der Waals surface area contributed by atoms with E-state index in [4.69, 9.17) is 18.9 Å². The highest BCUT2D eigenvalue weighted by molar-refractivity contribution is 5.86. The molecule has 2 aromatic rings. The van der Waals surface area contributed by atoms with Crippen LogP contribution in [0.5, 0.6) is 23.0 Å². The number of ketones is 1. The van der Waals surface area contributed by atoms with E-state index >= 15 is 0 Å². The zero-order valence-electron chi connectivity index (χ0n) is 17.8. The Morgan fingerprint density at radius 1 is 0.690 bits per heavy atom. The molecule has 0 bridgehead atoms. The summed E-state index contributed by atoms with van der Waals surface area (Å²) in [5.74, 6) is 2.60. The molecule has 0 saturated carbocycles. The fraction of sp³-hybridized carbons (Fsp3) is 0.435. The number of hydrogen-bond donors (Lipinski definition) is 1. The normalized spacial score (nSPS) is 24.1. The molecule has 6 nitrogen and oxygen atoms in total. The zero-order valence-corrected chi connectivity index (χ0v) is 17.8. The number of benzene rings is 2. The molecule has 0 amide bonds. The average Bonchev–Trinajstić information content (AvgIpc) is 2.77. The largest absolute Gasteiger partial charge is 0.497 e. The van der Waals surface area contributed by atoms with E-state index in [2.05, 4.69) is 5.32 Å². The van der Waals surface area contributed by atoms with E-state index in [1.807, 2.05) is 50.2 Å². The van der Waals surface area contributed by atoms with Gasteiger partial charge in [-0.2, -0.15) is 0 Å². The molecule has 1 fully saturated rings. The Morgan fingerprint density at radius 2 is 1.10 bits per heavy atom. The summed E-state index contributed by atoms with van der Waals surface area (Å²) in [4.78, 5) is 13.2. The number of nitrogens with one attached hydrogen (secondary N) is 1. The zero-order chi connectivity index (χ0) is 21.1. The van der Waals surface area contributed by atoms with E-state index in [9.17, 15) is 4.79 Å². The molecule has 0 aliphatic carbocycles. The standard InChI is InChI=1S/C23H29NO5/c1-13-21(17-9-7-15(26-3)11-19(17)28-5)24-22(14(2)23(13)25)18-10-8-16(27-4)12-20(18)29-6/h7-14,21-22,24H,1-6H3/t13-,14-,21+,22+/m1/s1. The van der Waals surface area contributed by atoms with Gasteiger partial charge in [0.2, 0.25) is 0 Å². The van der Waals surface area contributed by atoms with E-state index in [0.29, 0.717) is 23.0 Å². The monoisotopic (exact) mass is 399 g/mol. The summed E-state index contributed by atoms with van der Waals surface area (Å²) in [6, 6.07) is 11.0. The van der Waals surface area contributed by atoms with Gasteiger partial charge in [0, 0.05) is 47.2 Å². The van der Waals surface area contributed by atoms with Crippen LogP contribution in [-0.2, 0) is 4.79 Å². The van der Waals surface area contributed by atoms with Crippen molar-refractivity contribution in [1.82, 2.24) is 5.32 Å². The molecule has 4 atom stereocenters. The van der Waals surface area contributed by atoms with Gasteiger partial charge in [-0.15, -0.1) is 0 Å². The van der Waals surface area contributed by atoms with Crippen molar-refractivity contribution in [1.29, 1.82) is 0 Å². The van der Waals surface area contributed by atoms with Crippen molar-refractivity contribution in [3.63, 3.8) is 0 Å². The minimum absolute atomic E-state index is 0.198. The highest BCUT2D eigenvalue weighted by atomic mass is 16.5. The summed E-state index contributed by atoms with van der Waals surface area (Å²) < 4.78 is 21.8. The van der Waals surface area contributed by atoms with Crippen LogP contribution >= 0.6 is 0 Å². The van der Waals surface area contributed by atoms with E-state index in [0.717, 1.165) is 11.1 Å². The topological polar surface area (TPSA) is 66.0 Å². The first kappa shape index (κ1) is 21.0. The maximum absolute atomic E-state index is 13.2. The first-order chi connectivity index (χ1) is 13.9. The maximum Gasteiger partial charge on any atom is 0.142 e. The second-order valence-electron chi connectivity index (χ2n) is 7.32. The first-order valence-corrected chi connectivity index (χ1v) is 9.68. The SMILES string of the molecule is COc1ccc([C@H]2N[C@H](c3ccc(OC)cc3OC)[C@@H](C)C(=O)[C@@H]2C)c(OC)c1. The van der Waals surface area contributed by atoms with E-state index in [-0.39, 0.29) is 29.7 Å². The molecule has 0 unspecified atom stereocenters. The Balaban J connectivity index is 2.03. The number of carbonyl (C=O) groups is 1. The van der Waals surface area contributed by atoms with Gasteiger partial charge in [-0.05, 0) is 12.1 Å². The molecule has 29 heavy (non-hydrogen) atoms. The van der Waals surface area contributed by atoms with Crippen molar-refractivity contribution in [2.75, 3.05) is 28.4 Å². The number of ether oxygens (including phenoxy) is 4. The third kappa shape index (κ3) is 3.90. The van der Waals surface area contributed by atoms with Crippen molar-refractivity contribution in [3.05, 3.63) is 47.5 Å².